The zero-order chi connectivity index (χ0) is 12.1. The largest absolute Gasteiger partial charge is 0.336 e. The standard InChI is InChI=1S/C14H19N3/c1-12-3-5-14(6-4-12)13(2)16-8-10-17-9-7-15-11-17/h3-7,9,11,13,16H,8,10H2,1-2H3. The Kier molecular flexibility index (Phi) is 3.94. The van der Waals surface area contributed by atoms with Crippen LogP contribution in [-0.2, 0) is 6.54 Å². The van der Waals surface area contributed by atoms with Crippen LogP contribution in [0.15, 0.2) is 43.0 Å². The maximum absolute atomic E-state index is 4.02. The Bertz CT molecular complexity index is 431. The van der Waals surface area contributed by atoms with Gasteiger partial charge in [0.2, 0.25) is 0 Å². The second-order valence-electron chi connectivity index (χ2n) is 4.39. The molecule has 90 valence electrons. The quantitative estimate of drug-likeness (QED) is 0.854. The van der Waals surface area contributed by atoms with Crippen LogP contribution in [-0.4, -0.2) is 16.1 Å². The van der Waals surface area contributed by atoms with E-state index in [0.717, 1.165) is 13.1 Å². The summed E-state index contributed by atoms with van der Waals surface area (Å²) in [6, 6.07) is 9.07. The van der Waals surface area contributed by atoms with Crippen LogP contribution in [0.4, 0.5) is 0 Å². The number of rotatable bonds is 5. The normalized spacial score (nSPS) is 12.6. The van der Waals surface area contributed by atoms with E-state index in [9.17, 15) is 0 Å². The third-order valence-corrected chi connectivity index (χ3v) is 2.96. The number of hydrogen-bond donors (Lipinski definition) is 1. The first-order valence-corrected chi connectivity index (χ1v) is 6.01. The zero-order valence-electron chi connectivity index (χ0n) is 10.4. The zero-order valence-corrected chi connectivity index (χ0v) is 10.4. The molecule has 0 bridgehead atoms. The van der Waals surface area contributed by atoms with Gasteiger partial charge in [-0.2, -0.15) is 0 Å². The molecule has 0 radical (unpaired) electrons. The van der Waals surface area contributed by atoms with Crippen molar-refractivity contribution in [2.75, 3.05) is 6.54 Å². The molecule has 0 fully saturated rings. The number of nitrogens with one attached hydrogen (secondary N) is 1. The molecule has 2 rings (SSSR count). The molecule has 0 aliphatic rings. The molecular weight excluding hydrogens is 210 g/mol. The second-order valence-corrected chi connectivity index (χ2v) is 4.39. The molecule has 1 atom stereocenters. The van der Waals surface area contributed by atoms with Crippen molar-refractivity contribution in [3.05, 3.63) is 54.1 Å². The molecule has 3 heteroatoms. The molecule has 0 saturated carbocycles. The molecule has 1 unspecified atom stereocenters. The molecule has 1 heterocycles. The Morgan fingerprint density at radius 2 is 2.06 bits per heavy atom. The maximum Gasteiger partial charge on any atom is 0.0946 e. The van der Waals surface area contributed by atoms with Crippen molar-refractivity contribution < 1.29 is 0 Å². The van der Waals surface area contributed by atoms with Gasteiger partial charge >= 0.3 is 0 Å². The van der Waals surface area contributed by atoms with Gasteiger partial charge in [0.1, 0.15) is 0 Å². The van der Waals surface area contributed by atoms with Gasteiger partial charge in [-0.05, 0) is 19.4 Å². The highest BCUT2D eigenvalue weighted by Gasteiger charge is 2.03. The van der Waals surface area contributed by atoms with Crippen molar-refractivity contribution in [3.63, 3.8) is 0 Å². The number of hydrogen-bond acceptors (Lipinski definition) is 2. The third-order valence-electron chi connectivity index (χ3n) is 2.96. The molecule has 3 nitrogen and oxygen atoms in total. The fraction of sp³-hybridized carbons (Fsp3) is 0.357. The average Bonchev–Trinajstić information content (AvgIpc) is 2.83. The van der Waals surface area contributed by atoms with Gasteiger partial charge in [0, 0.05) is 31.5 Å². The van der Waals surface area contributed by atoms with E-state index in [1.165, 1.54) is 11.1 Å². The first kappa shape index (κ1) is 11.9. The van der Waals surface area contributed by atoms with Crippen LogP contribution in [0.5, 0.6) is 0 Å². The summed E-state index contributed by atoms with van der Waals surface area (Å²) in [6.07, 6.45) is 5.64. The summed E-state index contributed by atoms with van der Waals surface area (Å²) in [5, 5.41) is 3.51. The van der Waals surface area contributed by atoms with Gasteiger partial charge in [-0.3, -0.25) is 0 Å². The number of aromatic nitrogens is 2. The molecule has 2 aromatic rings. The van der Waals surface area contributed by atoms with Gasteiger partial charge in [-0.1, -0.05) is 29.8 Å². The minimum atomic E-state index is 0.388. The van der Waals surface area contributed by atoms with Crippen molar-refractivity contribution >= 4 is 0 Å². The maximum atomic E-state index is 4.02. The summed E-state index contributed by atoms with van der Waals surface area (Å²) in [4.78, 5) is 4.02. The van der Waals surface area contributed by atoms with Crippen molar-refractivity contribution in [2.45, 2.75) is 26.4 Å². The topological polar surface area (TPSA) is 29.9 Å². The molecule has 0 amide bonds. The van der Waals surface area contributed by atoms with E-state index in [1.54, 1.807) is 0 Å². The number of aryl methyl sites for hydroxylation is 1. The Morgan fingerprint density at radius 3 is 2.71 bits per heavy atom. The van der Waals surface area contributed by atoms with Gasteiger partial charge in [0.15, 0.2) is 0 Å². The van der Waals surface area contributed by atoms with E-state index in [1.807, 2.05) is 18.7 Å². The van der Waals surface area contributed by atoms with Crippen molar-refractivity contribution in [2.24, 2.45) is 0 Å². The molecule has 1 aromatic heterocycles. The van der Waals surface area contributed by atoms with Gasteiger partial charge in [0.05, 0.1) is 6.33 Å². The van der Waals surface area contributed by atoms with Gasteiger partial charge in [-0.15, -0.1) is 0 Å². The van der Waals surface area contributed by atoms with Gasteiger partial charge < -0.3 is 9.88 Å². The fourth-order valence-electron chi connectivity index (χ4n) is 1.80. The lowest BCUT2D eigenvalue weighted by Gasteiger charge is -2.14. The summed E-state index contributed by atoms with van der Waals surface area (Å²) < 4.78 is 2.08. The summed E-state index contributed by atoms with van der Waals surface area (Å²) in [7, 11) is 0. The molecular formula is C14H19N3. The smallest absolute Gasteiger partial charge is 0.0946 e. The van der Waals surface area contributed by atoms with Crippen molar-refractivity contribution in [1.29, 1.82) is 0 Å². The van der Waals surface area contributed by atoms with E-state index >= 15 is 0 Å². The van der Waals surface area contributed by atoms with E-state index in [4.69, 9.17) is 0 Å². The summed E-state index contributed by atoms with van der Waals surface area (Å²) in [6.45, 7) is 6.21. The van der Waals surface area contributed by atoms with Gasteiger partial charge in [0.25, 0.3) is 0 Å². The van der Waals surface area contributed by atoms with Crippen LogP contribution in [0.25, 0.3) is 0 Å². The van der Waals surface area contributed by atoms with Crippen LogP contribution in [0.1, 0.15) is 24.1 Å². The fourth-order valence-corrected chi connectivity index (χ4v) is 1.80. The van der Waals surface area contributed by atoms with Crippen LogP contribution in [0.3, 0.4) is 0 Å². The van der Waals surface area contributed by atoms with Gasteiger partial charge in [-0.25, -0.2) is 4.98 Å². The number of nitrogens with zero attached hydrogens (tertiary/aromatic N) is 2. The van der Waals surface area contributed by atoms with E-state index in [0.29, 0.717) is 6.04 Å². The van der Waals surface area contributed by atoms with Crippen molar-refractivity contribution in [3.8, 4) is 0 Å². The molecule has 1 aromatic carbocycles. The van der Waals surface area contributed by atoms with E-state index in [2.05, 4.69) is 53.0 Å². The molecule has 0 aliphatic heterocycles. The highest BCUT2D eigenvalue weighted by molar-refractivity contribution is 5.23. The molecule has 1 N–H and O–H groups in total. The van der Waals surface area contributed by atoms with Crippen LogP contribution in [0.2, 0.25) is 0 Å². The first-order chi connectivity index (χ1) is 8.25. The number of benzene rings is 1. The summed E-state index contributed by atoms with van der Waals surface area (Å²) in [5.41, 5.74) is 2.64. The minimum Gasteiger partial charge on any atom is -0.336 e. The Morgan fingerprint density at radius 1 is 1.29 bits per heavy atom. The highest BCUT2D eigenvalue weighted by atomic mass is 15.0. The molecule has 0 spiro atoms. The Hall–Kier alpha value is -1.61. The lowest BCUT2D eigenvalue weighted by Crippen LogP contribution is -2.22. The summed E-state index contributed by atoms with van der Waals surface area (Å²) >= 11 is 0. The van der Waals surface area contributed by atoms with E-state index < -0.39 is 0 Å². The summed E-state index contributed by atoms with van der Waals surface area (Å²) in [5.74, 6) is 0. The second kappa shape index (κ2) is 5.64. The van der Waals surface area contributed by atoms with Crippen molar-refractivity contribution in [1.82, 2.24) is 14.9 Å². The molecule has 0 saturated heterocycles. The SMILES string of the molecule is Cc1ccc(C(C)NCCn2ccnc2)cc1. The Balaban J connectivity index is 1.81. The monoisotopic (exact) mass is 229 g/mol. The Labute approximate surface area is 103 Å². The molecule has 17 heavy (non-hydrogen) atoms. The number of imidazole rings is 1. The molecule has 0 aliphatic carbocycles. The minimum absolute atomic E-state index is 0.388. The highest BCUT2D eigenvalue weighted by Crippen LogP contribution is 2.12. The third kappa shape index (κ3) is 3.43. The lowest BCUT2D eigenvalue weighted by atomic mass is 10.1. The van der Waals surface area contributed by atoms with Crippen LogP contribution in [0, 0.1) is 6.92 Å². The lowest BCUT2D eigenvalue weighted by molar-refractivity contribution is 0.531. The predicted octanol–water partition coefficient (Wildman–Crippen LogP) is 2.54. The van der Waals surface area contributed by atoms with Crippen LogP contribution < -0.4 is 5.32 Å². The van der Waals surface area contributed by atoms with E-state index in [-0.39, 0.29) is 0 Å². The average molecular weight is 229 g/mol. The first-order valence-electron chi connectivity index (χ1n) is 6.01. The van der Waals surface area contributed by atoms with Crippen LogP contribution >= 0.6 is 0 Å². The predicted molar refractivity (Wildman–Crippen MR) is 69.8 cm³/mol.